The maximum absolute atomic E-state index is 9.07. The van der Waals surface area contributed by atoms with Gasteiger partial charge < -0.3 is 14.2 Å². The lowest BCUT2D eigenvalue weighted by Crippen LogP contribution is -2.33. The van der Waals surface area contributed by atoms with Crippen molar-refractivity contribution in [3.63, 3.8) is 0 Å². The second-order valence-electron chi connectivity index (χ2n) is 10.8. The van der Waals surface area contributed by atoms with Crippen LogP contribution >= 0.6 is 0 Å². The van der Waals surface area contributed by atoms with Gasteiger partial charge in [-0.3, -0.25) is 4.90 Å². The van der Waals surface area contributed by atoms with Gasteiger partial charge in [0.25, 0.3) is 0 Å². The molecule has 1 aliphatic heterocycles. The number of nitriles is 1. The Balaban J connectivity index is 0.00000226. The molecule has 0 saturated carbocycles. The maximum Gasteiger partial charge on any atom is 0.175 e. The van der Waals surface area contributed by atoms with Crippen LogP contribution in [0.3, 0.4) is 0 Å². The van der Waals surface area contributed by atoms with E-state index in [2.05, 4.69) is 64.0 Å². The van der Waals surface area contributed by atoms with E-state index >= 15 is 0 Å². The maximum atomic E-state index is 9.07. The summed E-state index contributed by atoms with van der Waals surface area (Å²) in [5.74, 6) is 1.52. The SMILES string of the molecule is C=C/C(C#N)=C\C=C(/C)COc1ccc2c(CCC3CCN(Cc4ccccc4)CC3)noc2c1CN(C)C.CC. The van der Waals surface area contributed by atoms with Crippen LogP contribution in [0.25, 0.3) is 11.0 Å². The van der Waals surface area contributed by atoms with Crippen LogP contribution in [0.5, 0.6) is 5.75 Å². The number of rotatable bonds is 12. The van der Waals surface area contributed by atoms with Crippen molar-refractivity contribution in [1.29, 1.82) is 5.26 Å². The second-order valence-corrected chi connectivity index (χ2v) is 10.8. The molecular formula is C35H46N4O2. The molecule has 6 nitrogen and oxygen atoms in total. The number of aromatic nitrogens is 1. The van der Waals surface area contributed by atoms with E-state index in [1.165, 1.54) is 18.4 Å². The highest BCUT2D eigenvalue weighted by Gasteiger charge is 2.22. The van der Waals surface area contributed by atoms with E-state index in [0.29, 0.717) is 18.7 Å². The summed E-state index contributed by atoms with van der Waals surface area (Å²) in [6.45, 7) is 14.1. The van der Waals surface area contributed by atoms with Gasteiger partial charge in [-0.15, -0.1) is 0 Å². The van der Waals surface area contributed by atoms with E-state index in [1.807, 2.05) is 47.0 Å². The number of likely N-dealkylation sites (tertiary alicyclic amines) is 1. The number of hydrogen-bond acceptors (Lipinski definition) is 6. The molecule has 3 aromatic rings. The number of hydrogen-bond donors (Lipinski definition) is 0. The molecule has 0 radical (unpaired) electrons. The van der Waals surface area contributed by atoms with Gasteiger partial charge >= 0.3 is 0 Å². The van der Waals surface area contributed by atoms with Crippen LogP contribution in [0.1, 0.15) is 56.9 Å². The zero-order valence-electron chi connectivity index (χ0n) is 25.5. The Morgan fingerprint density at radius 1 is 1.15 bits per heavy atom. The Morgan fingerprint density at radius 2 is 1.88 bits per heavy atom. The molecule has 0 unspecified atom stereocenters. The Morgan fingerprint density at radius 3 is 2.54 bits per heavy atom. The number of benzene rings is 2. The van der Waals surface area contributed by atoms with Crippen LogP contribution in [0.4, 0.5) is 0 Å². The lowest BCUT2D eigenvalue weighted by Gasteiger charge is -2.31. The van der Waals surface area contributed by atoms with Gasteiger partial charge in [-0.25, -0.2) is 0 Å². The summed E-state index contributed by atoms with van der Waals surface area (Å²) < 4.78 is 12.1. The number of allylic oxidation sites excluding steroid dienone is 4. The fraction of sp³-hybridized carbons (Fsp3) is 0.429. The van der Waals surface area contributed by atoms with Crippen LogP contribution in [-0.2, 0) is 19.5 Å². The summed E-state index contributed by atoms with van der Waals surface area (Å²) in [4.78, 5) is 4.68. The third kappa shape index (κ3) is 9.45. The van der Waals surface area contributed by atoms with Crippen molar-refractivity contribution in [2.75, 3.05) is 33.8 Å². The summed E-state index contributed by atoms with van der Waals surface area (Å²) in [5.41, 5.74) is 5.79. The van der Waals surface area contributed by atoms with Crippen molar-refractivity contribution in [3.05, 3.63) is 95.2 Å². The molecule has 41 heavy (non-hydrogen) atoms. The Hall–Kier alpha value is -3.66. The van der Waals surface area contributed by atoms with E-state index in [9.17, 15) is 0 Å². The second kappa shape index (κ2) is 16.6. The topological polar surface area (TPSA) is 65.5 Å². The van der Waals surface area contributed by atoms with Crippen molar-refractivity contribution in [2.45, 2.75) is 59.5 Å². The molecule has 0 aliphatic carbocycles. The first-order chi connectivity index (χ1) is 20.0. The van der Waals surface area contributed by atoms with Crippen molar-refractivity contribution < 1.29 is 9.26 Å². The highest BCUT2D eigenvalue weighted by Crippen LogP contribution is 2.33. The quantitative estimate of drug-likeness (QED) is 0.169. The highest BCUT2D eigenvalue weighted by atomic mass is 16.5. The van der Waals surface area contributed by atoms with Gasteiger partial charge in [0.05, 0.1) is 22.9 Å². The minimum atomic E-state index is 0.419. The van der Waals surface area contributed by atoms with Crippen LogP contribution in [0, 0.1) is 17.2 Å². The normalized spacial score (nSPS) is 15.0. The molecule has 4 rings (SSSR count). The first-order valence-corrected chi connectivity index (χ1v) is 14.8. The van der Waals surface area contributed by atoms with Gasteiger partial charge in [0, 0.05) is 18.5 Å². The smallest absolute Gasteiger partial charge is 0.175 e. The van der Waals surface area contributed by atoms with E-state index in [1.54, 1.807) is 12.2 Å². The minimum absolute atomic E-state index is 0.419. The fourth-order valence-corrected chi connectivity index (χ4v) is 5.11. The van der Waals surface area contributed by atoms with Crippen LogP contribution in [-0.4, -0.2) is 48.7 Å². The number of fused-ring (bicyclic) bond motifs is 1. The van der Waals surface area contributed by atoms with Crippen LogP contribution < -0.4 is 4.74 Å². The summed E-state index contributed by atoms with van der Waals surface area (Å²) >= 11 is 0. The van der Waals surface area contributed by atoms with Crippen molar-refractivity contribution in [2.24, 2.45) is 5.92 Å². The van der Waals surface area contributed by atoms with E-state index in [-0.39, 0.29) is 0 Å². The number of aryl methyl sites for hydroxylation is 1. The zero-order chi connectivity index (χ0) is 29.6. The standard InChI is InChI=1S/C33H40N4O2.C2H6/c1-5-26(21-34)12-11-25(2)24-38-32-16-14-29-31(35-39-33(29)30(32)23-36(3)4)15-13-27-17-19-37(20-18-27)22-28-9-7-6-8-10-28;1-2/h5-12,14,16,27H,1,13,15,17-20,22-24H2,2-4H3;1-2H3/b25-11+,26-12+;. The summed E-state index contributed by atoms with van der Waals surface area (Å²) in [6, 6.07) is 17.0. The molecule has 1 aromatic heterocycles. The average Bonchev–Trinajstić information content (AvgIpc) is 3.41. The third-order valence-corrected chi connectivity index (χ3v) is 7.35. The van der Waals surface area contributed by atoms with Crippen molar-refractivity contribution in [3.8, 4) is 11.8 Å². The van der Waals surface area contributed by atoms with Gasteiger partial charge in [0.2, 0.25) is 0 Å². The molecular weight excluding hydrogens is 508 g/mol. The van der Waals surface area contributed by atoms with Gasteiger partial charge in [0.15, 0.2) is 5.58 Å². The largest absolute Gasteiger partial charge is 0.489 e. The number of nitrogens with zero attached hydrogens (tertiary/aromatic N) is 4. The Kier molecular flexibility index (Phi) is 12.9. The predicted octanol–water partition coefficient (Wildman–Crippen LogP) is 7.72. The van der Waals surface area contributed by atoms with Gasteiger partial charge in [-0.2, -0.15) is 5.26 Å². The molecule has 1 aliphatic rings. The molecule has 1 saturated heterocycles. The first-order valence-electron chi connectivity index (χ1n) is 14.8. The third-order valence-electron chi connectivity index (χ3n) is 7.35. The summed E-state index contributed by atoms with van der Waals surface area (Å²) in [6.07, 6.45) is 9.72. The molecule has 0 amide bonds. The van der Waals surface area contributed by atoms with Crippen molar-refractivity contribution in [1.82, 2.24) is 15.0 Å². The first kappa shape index (κ1) is 31.9. The molecule has 218 valence electrons. The summed E-state index contributed by atoms with van der Waals surface area (Å²) in [5, 5.41) is 14.7. The summed E-state index contributed by atoms with van der Waals surface area (Å²) in [7, 11) is 4.08. The van der Waals surface area contributed by atoms with Crippen LogP contribution in [0.2, 0.25) is 0 Å². The highest BCUT2D eigenvalue weighted by molar-refractivity contribution is 5.84. The number of ether oxygens (including phenoxy) is 1. The molecule has 0 atom stereocenters. The van der Waals surface area contributed by atoms with E-state index in [4.69, 9.17) is 14.5 Å². The average molecular weight is 555 g/mol. The fourth-order valence-electron chi connectivity index (χ4n) is 5.11. The minimum Gasteiger partial charge on any atom is -0.489 e. The van der Waals surface area contributed by atoms with Gasteiger partial charge in [-0.1, -0.05) is 68.1 Å². The van der Waals surface area contributed by atoms with E-state index < -0.39 is 0 Å². The molecule has 1 fully saturated rings. The van der Waals surface area contributed by atoms with Crippen molar-refractivity contribution >= 4 is 11.0 Å². The lowest BCUT2D eigenvalue weighted by molar-refractivity contribution is 0.172. The Labute approximate surface area is 246 Å². The molecule has 0 N–H and O–H groups in total. The van der Waals surface area contributed by atoms with Gasteiger partial charge in [-0.05, 0) is 95.1 Å². The zero-order valence-corrected chi connectivity index (χ0v) is 25.5. The molecule has 6 heteroatoms. The predicted molar refractivity (Wildman–Crippen MR) is 169 cm³/mol. The Bertz CT molecular complexity index is 1340. The molecule has 2 heterocycles. The molecule has 0 spiro atoms. The monoisotopic (exact) mass is 554 g/mol. The van der Waals surface area contributed by atoms with Crippen LogP contribution in [0.15, 0.2) is 82.9 Å². The lowest BCUT2D eigenvalue weighted by atomic mass is 9.91. The molecule has 0 bridgehead atoms. The molecule has 2 aromatic carbocycles. The van der Waals surface area contributed by atoms with E-state index in [0.717, 1.165) is 71.9 Å². The van der Waals surface area contributed by atoms with Gasteiger partial charge in [0.1, 0.15) is 12.4 Å². The number of piperidine rings is 1.